The fourth-order valence-electron chi connectivity index (χ4n) is 2.86. The van der Waals surface area contributed by atoms with Gasteiger partial charge < -0.3 is 14.1 Å². The molecule has 1 amide bonds. The van der Waals surface area contributed by atoms with E-state index < -0.39 is 0 Å². The molecule has 0 unspecified atom stereocenters. The van der Waals surface area contributed by atoms with Crippen molar-refractivity contribution in [2.75, 3.05) is 13.7 Å². The standard InChI is InChI=1S/C15H20N4O3/c1-10-11(6-8-22-10)15(20)19-7-4-3-5-12(19)14-16-13(9-21-2)17-18-14/h6,8,12H,3-5,7,9H2,1-2H3,(H,16,17,18)/t12-/m0/s1. The summed E-state index contributed by atoms with van der Waals surface area (Å²) in [6.07, 6.45) is 4.47. The minimum absolute atomic E-state index is 0.0194. The molecule has 2 aromatic heterocycles. The zero-order valence-electron chi connectivity index (χ0n) is 12.8. The number of methoxy groups -OCH3 is 1. The molecule has 0 bridgehead atoms. The topological polar surface area (TPSA) is 84.2 Å². The van der Waals surface area contributed by atoms with Crippen LogP contribution in [0.25, 0.3) is 0 Å². The van der Waals surface area contributed by atoms with Gasteiger partial charge in [0.05, 0.1) is 17.9 Å². The van der Waals surface area contributed by atoms with Gasteiger partial charge in [-0.15, -0.1) is 0 Å². The first-order chi connectivity index (χ1) is 10.7. The van der Waals surface area contributed by atoms with E-state index in [-0.39, 0.29) is 11.9 Å². The number of likely N-dealkylation sites (tertiary alicyclic amines) is 1. The lowest BCUT2D eigenvalue weighted by atomic mass is 10.0. The van der Waals surface area contributed by atoms with Gasteiger partial charge >= 0.3 is 0 Å². The summed E-state index contributed by atoms with van der Waals surface area (Å²) in [7, 11) is 1.61. The van der Waals surface area contributed by atoms with E-state index in [4.69, 9.17) is 9.15 Å². The monoisotopic (exact) mass is 304 g/mol. The molecule has 3 heterocycles. The number of ether oxygens (including phenoxy) is 1. The number of hydrogen-bond acceptors (Lipinski definition) is 5. The Morgan fingerprint density at radius 3 is 3.14 bits per heavy atom. The third kappa shape index (κ3) is 2.76. The number of H-pyrrole nitrogens is 1. The molecule has 1 N–H and O–H groups in total. The van der Waals surface area contributed by atoms with Crippen LogP contribution in [0.1, 0.15) is 53.1 Å². The van der Waals surface area contributed by atoms with Gasteiger partial charge in [-0.25, -0.2) is 4.98 Å². The summed E-state index contributed by atoms with van der Waals surface area (Å²) in [6, 6.07) is 1.62. The van der Waals surface area contributed by atoms with Crippen LogP contribution in [0.15, 0.2) is 16.7 Å². The van der Waals surface area contributed by atoms with Crippen LogP contribution in [0, 0.1) is 6.92 Å². The maximum Gasteiger partial charge on any atom is 0.258 e. The molecule has 0 radical (unpaired) electrons. The zero-order valence-corrected chi connectivity index (χ0v) is 12.8. The van der Waals surface area contributed by atoms with Crippen molar-refractivity contribution in [2.45, 2.75) is 38.8 Å². The van der Waals surface area contributed by atoms with Gasteiger partial charge in [0.1, 0.15) is 12.4 Å². The van der Waals surface area contributed by atoms with Gasteiger partial charge in [-0.3, -0.25) is 9.89 Å². The Bertz CT molecular complexity index is 649. The summed E-state index contributed by atoms with van der Waals surface area (Å²) >= 11 is 0. The van der Waals surface area contributed by atoms with Gasteiger partial charge in [-0.2, -0.15) is 5.10 Å². The van der Waals surface area contributed by atoms with Gasteiger partial charge in [-0.05, 0) is 32.3 Å². The van der Waals surface area contributed by atoms with Gasteiger partial charge in [-0.1, -0.05) is 0 Å². The number of amides is 1. The van der Waals surface area contributed by atoms with Crippen molar-refractivity contribution in [1.82, 2.24) is 20.1 Å². The number of piperidine rings is 1. The van der Waals surface area contributed by atoms with Crippen molar-refractivity contribution < 1.29 is 13.9 Å². The average Bonchev–Trinajstić information content (AvgIpc) is 3.16. The number of carbonyl (C=O) groups is 1. The van der Waals surface area contributed by atoms with Crippen molar-refractivity contribution >= 4 is 5.91 Å². The molecule has 7 nitrogen and oxygen atoms in total. The van der Waals surface area contributed by atoms with E-state index in [9.17, 15) is 4.79 Å². The number of carbonyl (C=O) groups excluding carboxylic acids is 1. The van der Waals surface area contributed by atoms with Crippen LogP contribution in [-0.2, 0) is 11.3 Å². The van der Waals surface area contributed by atoms with Crippen LogP contribution in [0.3, 0.4) is 0 Å². The predicted octanol–water partition coefficient (Wildman–Crippen LogP) is 2.22. The first-order valence-electron chi connectivity index (χ1n) is 7.46. The summed E-state index contributed by atoms with van der Waals surface area (Å²) in [5.74, 6) is 1.95. The maximum absolute atomic E-state index is 12.8. The highest BCUT2D eigenvalue weighted by atomic mass is 16.5. The molecule has 118 valence electrons. The lowest BCUT2D eigenvalue weighted by Crippen LogP contribution is -2.39. The molecule has 2 aromatic rings. The summed E-state index contributed by atoms with van der Waals surface area (Å²) in [6.45, 7) is 2.90. The molecule has 0 saturated carbocycles. The van der Waals surface area contributed by atoms with Crippen LogP contribution in [0.5, 0.6) is 0 Å². The van der Waals surface area contributed by atoms with Crippen LogP contribution in [0.4, 0.5) is 0 Å². The van der Waals surface area contributed by atoms with E-state index in [1.165, 1.54) is 0 Å². The Morgan fingerprint density at radius 1 is 1.55 bits per heavy atom. The molecule has 1 aliphatic heterocycles. The Morgan fingerprint density at radius 2 is 2.41 bits per heavy atom. The van der Waals surface area contributed by atoms with Crippen molar-refractivity contribution in [2.24, 2.45) is 0 Å². The molecular weight excluding hydrogens is 284 g/mol. The van der Waals surface area contributed by atoms with Crippen molar-refractivity contribution in [3.63, 3.8) is 0 Å². The fourth-order valence-corrected chi connectivity index (χ4v) is 2.86. The van der Waals surface area contributed by atoms with Crippen LogP contribution >= 0.6 is 0 Å². The van der Waals surface area contributed by atoms with Crippen molar-refractivity contribution in [1.29, 1.82) is 0 Å². The molecular formula is C15H20N4O3. The second-order valence-corrected chi connectivity index (χ2v) is 5.47. The van der Waals surface area contributed by atoms with E-state index in [1.807, 2.05) is 4.90 Å². The Labute approximate surface area is 128 Å². The Kier molecular flexibility index (Phi) is 4.24. The van der Waals surface area contributed by atoms with E-state index in [2.05, 4.69) is 15.2 Å². The van der Waals surface area contributed by atoms with Crippen LogP contribution in [0.2, 0.25) is 0 Å². The largest absolute Gasteiger partial charge is 0.469 e. The number of hydrogen-bond donors (Lipinski definition) is 1. The lowest BCUT2D eigenvalue weighted by Gasteiger charge is -2.33. The van der Waals surface area contributed by atoms with Crippen molar-refractivity contribution in [3.05, 3.63) is 35.3 Å². The highest BCUT2D eigenvalue weighted by molar-refractivity contribution is 5.95. The van der Waals surface area contributed by atoms with Crippen LogP contribution < -0.4 is 0 Å². The molecule has 22 heavy (non-hydrogen) atoms. The number of rotatable bonds is 4. The maximum atomic E-state index is 12.8. The number of aryl methyl sites for hydroxylation is 1. The number of aromatic nitrogens is 3. The van der Waals surface area contributed by atoms with E-state index in [0.717, 1.165) is 19.3 Å². The number of aromatic amines is 1. The number of nitrogens with one attached hydrogen (secondary N) is 1. The van der Waals surface area contributed by atoms with Gasteiger partial charge in [0.15, 0.2) is 11.6 Å². The molecule has 0 spiro atoms. The molecule has 7 heteroatoms. The predicted molar refractivity (Wildman–Crippen MR) is 78.2 cm³/mol. The minimum Gasteiger partial charge on any atom is -0.469 e. The van der Waals surface area contributed by atoms with E-state index >= 15 is 0 Å². The van der Waals surface area contributed by atoms with E-state index in [1.54, 1.807) is 26.4 Å². The summed E-state index contributed by atoms with van der Waals surface area (Å²) < 4.78 is 10.3. The zero-order chi connectivity index (χ0) is 15.5. The van der Waals surface area contributed by atoms with Gasteiger partial charge in [0.2, 0.25) is 0 Å². The highest BCUT2D eigenvalue weighted by Crippen LogP contribution is 2.30. The quantitative estimate of drug-likeness (QED) is 0.936. The molecule has 1 fully saturated rings. The van der Waals surface area contributed by atoms with Crippen LogP contribution in [-0.4, -0.2) is 39.6 Å². The fraction of sp³-hybridized carbons (Fsp3) is 0.533. The second kappa shape index (κ2) is 6.31. The number of nitrogens with zero attached hydrogens (tertiary/aromatic N) is 3. The first kappa shape index (κ1) is 14.8. The Balaban J connectivity index is 1.84. The normalized spacial score (nSPS) is 18.6. The van der Waals surface area contributed by atoms with Gasteiger partial charge in [0, 0.05) is 13.7 Å². The third-order valence-electron chi connectivity index (χ3n) is 3.98. The first-order valence-corrected chi connectivity index (χ1v) is 7.46. The lowest BCUT2D eigenvalue weighted by molar-refractivity contribution is 0.0598. The molecule has 3 rings (SSSR count). The number of furan rings is 1. The summed E-state index contributed by atoms with van der Waals surface area (Å²) in [4.78, 5) is 19.1. The summed E-state index contributed by atoms with van der Waals surface area (Å²) in [5.41, 5.74) is 0.611. The van der Waals surface area contributed by atoms with Gasteiger partial charge in [0.25, 0.3) is 5.91 Å². The molecule has 1 atom stereocenters. The molecule has 0 aromatic carbocycles. The minimum atomic E-state index is -0.0996. The molecule has 1 saturated heterocycles. The average molecular weight is 304 g/mol. The van der Waals surface area contributed by atoms with Crippen molar-refractivity contribution in [3.8, 4) is 0 Å². The second-order valence-electron chi connectivity index (χ2n) is 5.47. The smallest absolute Gasteiger partial charge is 0.258 e. The van der Waals surface area contributed by atoms with E-state index in [0.29, 0.717) is 36.1 Å². The SMILES string of the molecule is COCc1nc([C@@H]2CCCCN2C(=O)c2ccoc2C)n[nH]1. The summed E-state index contributed by atoms with van der Waals surface area (Å²) in [5, 5.41) is 7.13. The Hall–Kier alpha value is -2.15. The third-order valence-corrected chi connectivity index (χ3v) is 3.98. The highest BCUT2D eigenvalue weighted by Gasteiger charge is 2.32. The molecule has 1 aliphatic rings. The molecule has 0 aliphatic carbocycles.